The van der Waals surface area contributed by atoms with Gasteiger partial charge in [-0.15, -0.1) is 0 Å². The first-order valence-corrected chi connectivity index (χ1v) is 6.16. The topological polar surface area (TPSA) is 79.0 Å². The maximum Gasteiger partial charge on any atom is 0.336 e. The number of nitrogens with one attached hydrogen (secondary N) is 1. The van der Waals surface area contributed by atoms with Crippen molar-refractivity contribution in [2.75, 3.05) is 26.1 Å². The number of methoxy groups -OCH3 is 1. The summed E-state index contributed by atoms with van der Waals surface area (Å²) in [6, 6.07) is 5.78. The predicted molar refractivity (Wildman–Crippen MR) is 75.8 cm³/mol. The van der Waals surface area contributed by atoms with Gasteiger partial charge in [0, 0.05) is 20.3 Å². The summed E-state index contributed by atoms with van der Waals surface area (Å²) in [5, 5.41) is 2.14. The van der Waals surface area contributed by atoms with Crippen LogP contribution in [-0.2, 0) is 9.59 Å². The van der Waals surface area contributed by atoms with Gasteiger partial charge in [-0.05, 0) is 12.1 Å². The van der Waals surface area contributed by atoms with Gasteiger partial charge in [-0.3, -0.25) is 14.9 Å². The summed E-state index contributed by atoms with van der Waals surface area (Å²) in [6.45, 7) is 0. The minimum atomic E-state index is -0.801. The number of barbiturate groups is 1. The quantitative estimate of drug-likeness (QED) is 0.655. The second-order valence-corrected chi connectivity index (χ2v) is 4.58. The molecule has 0 aromatic heterocycles. The summed E-state index contributed by atoms with van der Waals surface area (Å²) < 4.78 is 5.15. The molecule has 0 atom stereocenters. The Kier molecular flexibility index (Phi) is 3.93. The minimum absolute atomic E-state index is 0.120. The van der Waals surface area contributed by atoms with Crippen molar-refractivity contribution in [2.24, 2.45) is 0 Å². The number of carbonyl (C=O) groups excluding carboxylic acids is 3. The van der Waals surface area contributed by atoms with Gasteiger partial charge in [0.1, 0.15) is 11.3 Å². The van der Waals surface area contributed by atoms with Crippen LogP contribution in [-0.4, -0.2) is 44.0 Å². The highest BCUT2D eigenvalue weighted by Gasteiger charge is 2.38. The molecule has 0 aliphatic carbocycles. The first kappa shape index (κ1) is 14.6. The largest absolute Gasteiger partial charge is 0.495 e. The van der Waals surface area contributed by atoms with E-state index in [-0.39, 0.29) is 11.3 Å². The third kappa shape index (κ3) is 2.71. The molecule has 0 bridgehead atoms. The molecule has 1 aliphatic heterocycles. The fourth-order valence-electron chi connectivity index (χ4n) is 1.94. The SMILES string of the molecule is COc1ccccc1N1C(=O)NC(=O)/C(=C\N(C)C)C1=O. The zero-order valence-electron chi connectivity index (χ0n) is 11.9. The second kappa shape index (κ2) is 5.66. The van der Waals surface area contributed by atoms with Gasteiger partial charge in [0.05, 0.1) is 12.8 Å². The molecule has 1 N–H and O–H groups in total. The lowest BCUT2D eigenvalue weighted by Gasteiger charge is -2.27. The Bertz CT molecular complexity index is 637. The van der Waals surface area contributed by atoms with Gasteiger partial charge < -0.3 is 9.64 Å². The van der Waals surface area contributed by atoms with E-state index < -0.39 is 17.8 Å². The van der Waals surface area contributed by atoms with E-state index in [1.807, 2.05) is 0 Å². The number of hydrogen-bond acceptors (Lipinski definition) is 5. The summed E-state index contributed by atoms with van der Waals surface area (Å²) in [4.78, 5) is 38.7. The monoisotopic (exact) mass is 289 g/mol. The van der Waals surface area contributed by atoms with Crippen molar-refractivity contribution in [3.8, 4) is 5.75 Å². The average Bonchev–Trinajstić information content (AvgIpc) is 2.43. The Morgan fingerprint density at radius 3 is 2.48 bits per heavy atom. The van der Waals surface area contributed by atoms with Crippen molar-refractivity contribution in [3.05, 3.63) is 36.0 Å². The first-order chi connectivity index (χ1) is 9.95. The molecule has 0 saturated carbocycles. The highest BCUT2D eigenvalue weighted by molar-refractivity contribution is 6.37. The van der Waals surface area contributed by atoms with Crippen molar-refractivity contribution in [1.29, 1.82) is 0 Å². The molecule has 1 fully saturated rings. The summed E-state index contributed by atoms with van der Waals surface area (Å²) in [7, 11) is 4.79. The molecule has 0 unspecified atom stereocenters. The molecule has 21 heavy (non-hydrogen) atoms. The van der Waals surface area contributed by atoms with Crippen LogP contribution in [0.15, 0.2) is 36.0 Å². The molecule has 1 heterocycles. The Morgan fingerprint density at radius 1 is 1.19 bits per heavy atom. The summed E-state index contributed by atoms with van der Waals surface area (Å²) in [6.07, 6.45) is 1.37. The number of amides is 4. The summed E-state index contributed by atoms with van der Waals surface area (Å²) in [5.74, 6) is -1.05. The molecule has 1 aliphatic rings. The lowest BCUT2D eigenvalue weighted by Crippen LogP contribution is -2.54. The van der Waals surface area contributed by atoms with Gasteiger partial charge in [-0.1, -0.05) is 12.1 Å². The lowest BCUT2D eigenvalue weighted by atomic mass is 10.1. The number of hydrogen-bond donors (Lipinski definition) is 1. The van der Waals surface area contributed by atoms with Gasteiger partial charge in [0.15, 0.2) is 0 Å². The Hall–Kier alpha value is -2.83. The third-order valence-electron chi connectivity index (χ3n) is 2.82. The van der Waals surface area contributed by atoms with Crippen molar-refractivity contribution >= 4 is 23.5 Å². The first-order valence-electron chi connectivity index (χ1n) is 6.16. The normalized spacial score (nSPS) is 17.0. The molecule has 0 spiro atoms. The number of para-hydroxylation sites is 2. The van der Waals surface area contributed by atoms with Gasteiger partial charge in [-0.25, -0.2) is 9.69 Å². The van der Waals surface area contributed by atoms with E-state index in [1.54, 1.807) is 43.3 Å². The average molecular weight is 289 g/mol. The molecule has 4 amide bonds. The number of anilines is 1. The molecular formula is C14H15N3O4. The molecule has 0 radical (unpaired) electrons. The number of nitrogens with zero attached hydrogens (tertiary/aromatic N) is 2. The van der Waals surface area contributed by atoms with Crippen LogP contribution in [0.1, 0.15) is 0 Å². The number of carbonyl (C=O) groups is 3. The smallest absolute Gasteiger partial charge is 0.336 e. The fourth-order valence-corrected chi connectivity index (χ4v) is 1.94. The molecule has 7 nitrogen and oxygen atoms in total. The van der Waals surface area contributed by atoms with Crippen LogP contribution in [0.5, 0.6) is 5.75 Å². The van der Waals surface area contributed by atoms with Crippen LogP contribution in [0.25, 0.3) is 0 Å². The van der Waals surface area contributed by atoms with Gasteiger partial charge in [0.25, 0.3) is 11.8 Å². The maximum atomic E-state index is 12.4. The molecule has 2 rings (SSSR count). The second-order valence-electron chi connectivity index (χ2n) is 4.58. The van der Waals surface area contributed by atoms with Crippen LogP contribution in [0.4, 0.5) is 10.5 Å². The van der Waals surface area contributed by atoms with E-state index in [4.69, 9.17) is 4.74 Å². The van der Waals surface area contributed by atoms with E-state index in [0.29, 0.717) is 5.75 Å². The summed E-state index contributed by atoms with van der Waals surface area (Å²) >= 11 is 0. The van der Waals surface area contributed by atoms with Crippen LogP contribution in [0.3, 0.4) is 0 Å². The van der Waals surface area contributed by atoms with Crippen molar-refractivity contribution in [1.82, 2.24) is 10.2 Å². The maximum absolute atomic E-state index is 12.4. The standard InChI is InChI=1S/C14H15N3O4/c1-16(2)8-9-12(18)15-14(20)17(13(9)19)10-6-4-5-7-11(10)21-3/h4-8H,1-3H3,(H,15,18,20)/b9-8+. The van der Waals surface area contributed by atoms with E-state index in [2.05, 4.69) is 5.32 Å². The van der Waals surface area contributed by atoms with Gasteiger partial charge in [0.2, 0.25) is 0 Å². The van der Waals surface area contributed by atoms with Crippen LogP contribution < -0.4 is 15.0 Å². The van der Waals surface area contributed by atoms with Crippen LogP contribution in [0, 0.1) is 0 Å². The summed E-state index contributed by atoms with van der Waals surface area (Å²) in [5.41, 5.74) is 0.158. The zero-order valence-corrected chi connectivity index (χ0v) is 11.9. The number of rotatable bonds is 3. The molecule has 1 saturated heterocycles. The highest BCUT2D eigenvalue weighted by Crippen LogP contribution is 2.30. The Labute approximate surface area is 121 Å². The van der Waals surface area contributed by atoms with E-state index in [0.717, 1.165) is 4.90 Å². The molecule has 110 valence electrons. The number of benzene rings is 1. The van der Waals surface area contributed by atoms with Crippen LogP contribution in [0.2, 0.25) is 0 Å². The van der Waals surface area contributed by atoms with E-state index in [1.165, 1.54) is 13.3 Å². The number of imide groups is 2. The zero-order chi connectivity index (χ0) is 15.6. The molecule has 1 aromatic rings. The Morgan fingerprint density at radius 2 is 1.86 bits per heavy atom. The van der Waals surface area contributed by atoms with Gasteiger partial charge >= 0.3 is 6.03 Å². The van der Waals surface area contributed by atoms with Crippen molar-refractivity contribution in [3.63, 3.8) is 0 Å². The van der Waals surface area contributed by atoms with E-state index >= 15 is 0 Å². The third-order valence-corrected chi connectivity index (χ3v) is 2.82. The molecular weight excluding hydrogens is 274 g/mol. The highest BCUT2D eigenvalue weighted by atomic mass is 16.5. The fraction of sp³-hybridized carbons (Fsp3) is 0.214. The predicted octanol–water partition coefficient (Wildman–Crippen LogP) is 0.723. The number of urea groups is 1. The Balaban J connectivity index is 2.50. The van der Waals surface area contributed by atoms with Crippen LogP contribution >= 0.6 is 0 Å². The van der Waals surface area contributed by atoms with Crippen molar-refractivity contribution < 1.29 is 19.1 Å². The lowest BCUT2D eigenvalue weighted by molar-refractivity contribution is -0.122. The minimum Gasteiger partial charge on any atom is -0.495 e. The van der Waals surface area contributed by atoms with Crippen molar-refractivity contribution in [2.45, 2.75) is 0 Å². The molecule has 7 heteroatoms. The van der Waals surface area contributed by atoms with Gasteiger partial charge in [-0.2, -0.15) is 0 Å². The number of ether oxygens (including phenoxy) is 1. The van der Waals surface area contributed by atoms with E-state index in [9.17, 15) is 14.4 Å². The molecule has 1 aromatic carbocycles.